The molecule has 0 radical (unpaired) electrons. The number of halogens is 2. The van der Waals surface area contributed by atoms with Crippen LogP contribution in [0.3, 0.4) is 0 Å². The summed E-state index contributed by atoms with van der Waals surface area (Å²) in [6.07, 6.45) is 25.5. The molecule has 2 aliphatic heterocycles. The Bertz CT molecular complexity index is 2420. The number of allylic oxidation sites excluding steroid dienone is 8. The highest BCUT2D eigenvalue weighted by Crippen LogP contribution is 2.49. The lowest BCUT2D eigenvalue weighted by molar-refractivity contribution is -0.438. The number of hydrogen-bond acceptors (Lipinski definition) is 5. The van der Waals surface area contributed by atoms with Crippen LogP contribution in [0.2, 0.25) is 0 Å². The third-order valence-electron chi connectivity index (χ3n) is 14.3. The fourth-order valence-corrected chi connectivity index (χ4v) is 11.8. The third kappa shape index (κ3) is 16.8. The minimum Gasteiger partial charge on any atom is -0.493 e. The number of anilines is 1. The molecule has 0 spiro atoms. The highest BCUT2D eigenvalue weighted by molar-refractivity contribution is 9.08. The number of carboxylic acids is 1. The van der Waals surface area contributed by atoms with Crippen LogP contribution in [0.1, 0.15) is 154 Å². The molecule has 3 aromatic rings. The molecule has 0 saturated carbocycles. The van der Waals surface area contributed by atoms with Crippen LogP contribution >= 0.6 is 39.3 Å². The second kappa shape index (κ2) is 31.0. The number of nitrogens with zero attached hydrogens (tertiary/aromatic N) is 3. The SMILES string of the molecule is C#CCN(CCCOc1ccc(C)cc1C)CCCSCCCCCCN1/C(=C\C(C)=C2/CCCC(/C=C/C3=[N+](CCCCCC(=O)O)c4ccccc4C3(C)C)=C2Cl)C(C)(C)c2ccccc21.CBr.CC. The van der Waals surface area contributed by atoms with Crippen LogP contribution in [0, 0.1) is 26.2 Å². The molecule has 3 aliphatic rings. The van der Waals surface area contributed by atoms with Gasteiger partial charge in [0.25, 0.3) is 0 Å². The summed E-state index contributed by atoms with van der Waals surface area (Å²) in [5.41, 5.74) is 13.8. The van der Waals surface area contributed by atoms with E-state index in [0.29, 0.717) is 19.6 Å². The summed E-state index contributed by atoms with van der Waals surface area (Å²) in [6.45, 7) is 25.1. The smallest absolute Gasteiger partial charge is 0.303 e. The molecule has 2 heterocycles. The van der Waals surface area contributed by atoms with E-state index in [0.717, 1.165) is 88.3 Å². The van der Waals surface area contributed by atoms with E-state index in [1.54, 1.807) is 0 Å². The van der Waals surface area contributed by atoms with E-state index < -0.39 is 5.97 Å². The minimum atomic E-state index is -0.720. The number of aryl methyl sites for hydroxylation is 2. The molecule has 0 aromatic heterocycles. The highest BCUT2D eigenvalue weighted by atomic mass is 79.9. The van der Waals surface area contributed by atoms with Gasteiger partial charge in [0.1, 0.15) is 12.3 Å². The van der Waals surface area contributed by atoms with Crippen molar-refractivity contribution < 1.29 is 19.2 Å². The Hall–Kier alpha value is -4.00. The van der Waals surface area contributed by atoms with Crippen molar-refractivity contribution in [2.24, 2.45) is 0 Å². The first-order valence-corrected chi connectivity index (χ1v) is 30.0. The zero-order valence-corrected chi connectivity index (χ0v) is 48.9. The molecule has 0 amide bonds. The predicted octanol–water partition coefficient (Wildman–Crippen LogP) is 16.7. The number of unbranched alkanes of at least 4 members (excludes halogenated alkanes) is 5. The molecule has 0 bridgehead atoms. The topological polar surface area (TPSA) is 56.0 Å². The van der Waals surface area contributed by atoms with Crippen molar-refractivity contribution in [2.75, 3.05) is 61.6 Å². The summed E-state index contributed by atoms with van der Waals surface area (Å²) in [5, 5.41) is 10.1. The van der Waals surface area contributed by atoms with E-state index in [2.05, 4.69) is 181 Å². The molecule has 1 aliphatic carbocycles. The monoisotopic (exact) mass is 1080 g/mol. The van der Waals surface area contributed by atoms with Gasteiger partial charge in [0, 0.05) is 65.5 Å². The molecule has 0 atom stereocenters. The molecule has 72 heavy (non-hydrogen) atoms. The number of alkyl halides is 1. The number of fused-ring (bicyclic) bond motifs is 2. The number of carboxylic acid groups (broad SMARTS) is 1. The molecule has 0 saturated heterocycles. The van der Waals surface area contributed by atoms with Crippen molar-refractivity contribution in [1.82, 2.24) is 4.90 Å². The lowest BCUT2D eigenvalue weighted by Gasteiger charge is -2.28. The van der Waals surface area contributed by atoms with E-state index in [9.17, 15) is 4.79 Å². The summed E-state index contributed by atoms with van der Waals surface area (Å²) in [5.74, 6) is 7.31. The summed E-state index contributed by atoms with van der Waals surface area (Å²) in [7, 11) is 0. The summed E-state index contributed by atoms with van der Waals surface area (Å²) >= 11 is 12.5. The normalized spacial score (nSPS) is 16.8. The quantitative estimate of drug-likeness (QED) is 0.0374. The van der Waals surface area contributed by atoms with Crippen molar-refractivity contribution in [3.8, 4) is 18.1 Å². The first-order chi connectivity index (χ1) is 34.7. The number of aliphatic carboxylic acids is 1. The van der Waals surface area contributed by atoms with E-state index in [4.69, 9.17) is 27.9 Å². The number of hydrogen-bond donors (Lipinski definition) is 1. The Morgan fingerprint density at radius 1 is 0.875 bits per heavy atom. The number of rotatable bonds is 26. The first-order valence-electron chi connectivity index (χ1n) is 26.9. The molecule has 6 rings (SSSR count). The fourth-order valence-electron chi connectivity index (χ4n) is 10.5. The van der Waals surface area contributed by atoms with Crippen LogP contribution in [0.25, 0.3) is 0 Å². The fraction of sp³-hybridized carbons (Fsp3) is 0.524. The zero-order valence-electron chi connectivity index (χ0n) is 45.8. The lowest BCUT2D eigenvalue weighted by atomic mass is 9.81. The molecule has 0 unspecified atom stereocenters. The van der Waals surface area contributed by atoms with Gasteiger partial charge >= 0.3 is 5.97 Å². The average Bonchev–Trinajstić information content (AvgIpc) is 3.72. The molecule has 1 N–H and O–H groups in total. The molecule has 6 nitrogen and oxygen atoms in total. The second-order valence-corrected chi connectivity index (χ2v) is 21.8. The van der Waals surface area contributed by atoms with Crippen molar-refractivity contribution in [3.63, 3.8) is 0 Å². The zero-order chi connectivity index (χ0) is 52.7. The lowest BCUT2D eigenvalue weighted by Crippen LogP contribution is -2.28. The summed E-state index contributed by atoms with van der Waals surface area (Å²) in [6, 6.07) is 24.1. The number of carbonyl (C=O) groups is 1. The third-order valence-corrected chi connectivity index (χ3v) is 15.9. The van der Waals surface area contributed by atoms with Gasteiger partial charge in [-0.05, 0) is 162 Å². The maximum absolute atomic E-state index is 11.1. The van der Waals surface area contributed by atoms with E-state index in [1.807, 2.05) is 19.7 Å². The van der Waals surface area contributed by atoms with Crippen LogP contribution in [0.4, 0.5) is 11.4 Å². The maximum atomic E-state index is 11.1. The van der Waals surface area contributed by atoms with Crippen LogP contribution in [0.15, 0.2) is 112 Å². The van der Waals surface area contributed by atoms with Gasteiger partial charge in [0.05, 0.1) is 18.6 Å². The van der Waals surface area contributed by atoms with Crippen molar-refractivity contribution in [1.29, 1.82) is 0 Å². The van der Waals surface area contributed by atoms with Gasteiger partial charge in [-0.2, -0.15) is 16.3 Å². The standard InChI is InChI=1S/C60H78ClN3O3S.C2H6.CH3Br/c1-9-35-62(36-22-40-67-54-33-31-45(2)43-47(54)4)37-23-42-68-41-20-11-10-18-39-64-53-29-17-15-27-51(53)60(7,8)56(64)44-46(3)49-25-21-24-48(58(49)61)32-34-55-59(5,6)50-26-14-16-28-52(50)63(55)38-19-12-13-30-57(65)66;2*1-2/h1,14-17,26-29,31-34,43-44H,10-13,18-25,30,35-42H2,2-8H3;1-2H3;1H3/p+1. The van der Waals surface area contributed by atoms with Gasteiger partial charge < -0.3 is 14.7 Å². The first kappa shape index (κ1) is 60.6. The highest BCUT2D eigenvalue weighted by Gasteiger charge is 2.44. The van der Waals surface area contributed by atoms with Gasteiger partial charge in [-0.25, -0.2) is 0 Å². The molecule has 392 valence electrons. The number of thioether (sulfide) groups is 1. The Morgan fingerprint density at radius 3 is 2.29 bits per heavy atom. The van der Waals surface area contributed by atoms with Crippen LogP contribution in [0.5, 0.6) is 5.75 Å². The van der Waals surface area contributed by atoms with Crippen molar-refractivity contribution in [3.05, 3.63) is 135 Å². The van der Waals surface area contributed by atoms with Crippen molar-refractivity contribution >= 4 is 62.3 Å². The Labute approximate surface area is 454 Å². The summed E-state index contributed by atoms with van der Waals surface area (Å²) < 4.78 is 8.52. The molecule has 3 aromatic carbocycles. The molecular weight excluding hydrogens is 994 g/mol. The average molecular weight is 1080 g/mol. The Morgan fingerprint density at radius 2 is 1.56 bits per heavy atom. The largest absolute Gasteiger partial charge is 0.493 e. The number of terminal acetylenes is 1. The molecular formula is C63H88BrClN3O3S+. The van der Waals surface area contributed by atoms with E-state index >= 15 is 0 Å². The van der Waals surface area contributed by atoms with Gasteiger partial charge in [-0.3, -0.25) is 9.69 Å². The van der Waals surface area contributed by atoms with Gasteiger partial charge in [0.2, 0.25) is 5.69 Å². The minimum absolute atomic E-state index is 0.121. The Balaban J connectivity index is 0.00000274. The molecule has 0 fully saturated rings. The van der Waals surface area contributed by atoms with Gasteiger partial charge in [-0.15, -0.1) is 6.42 Å². The number of benzene rings is 3. The number of para-hydroxylation sites is 2. The van der Waals surface area contributed by atoms with Gasteiger partial charge in [-0.1, -0.05) is 134 Å². The summed E-state index contributed by atoms with van der Waals surface area (Å²) in [4.78, 5) is 16.1. The van der Waals surface area contributed by atoms with Crippen LogP contribution in [-0.2, 0) is 15.6 Å². The number of ether oxygens (including phenoxy) is 1. The Kier molecular flexibility index (Phi) is 26.1. The molecule has 9 heteroatoms. The van der Waals surface area contributed by atoms with E-state index in [-0.39, 0.29) is 17.3 Å². The maximum Gasteiger partial charge on any atom is 0.303 e. The van der Waals surface area contributed by atoms with E-state index in [1.165, 1.54) is 92.5 Å². The van der Waals surface area contributed by atoms with Gasteiger partial charge in [0.15, 0.2) is 5.71 Å². The predicted molar refractivity (Wildman–Crippen MR) is 317 cm³/mol. The van der Waals surface area contributed by atoms with Crippen LogP contribution in [-0.4, -0.2) is 82.9 Å². The second-order valence-electron chi connectivity index (χ2n) is 20.2. The van der Waals surface area contributed by atoms with Crippen molar-refractivity contribution in [2.45, 2.75) is 157 Å². The van der Waals surface area contributed by atoms with Crippen LogP contribution < -0.4 is 9.64 Å².